The number of carboxylic acid groups (broad SMARTS) is 1. The maximum Gasteiger partial charge on any atom is 0.410 e. The summed E-state index contributed by atoms with van der Waals surface area (Å²) in [4.78, 5) is 25.0. The van der Waals surface area contributed by atoms with Crippen molar-refractivity contribution >= 4 is 12.1 Å². The summed E-state index contributed by atoms with van der Waals surface area (Å²) < 4.78 is 5.39. The molecule has 0 radical (unpaired) electrons. The van der Waals surface area contributed by atoms with E-state index in [9.17, 15) is 14.7 Å². The normalized spacial score (nSPS) is 22.5. The molecule has 122 valence electrons. The number of likely N-dealkylation sites (tertiary alicyclic amines) is 1. The van der Waals surface area contributed by atoms with E-state index in [0.717, 1.165) is 0 Å². The van der Waals surface area contributed by atoms with Gasteiger partial charge in [-0.3, -0.25) is 5.10 Å². The summed E-state index contributed by atoms with van der Waals surface area (Å²) in [7, 11) is 0. The lowest BCUT2D eigenvalue weighted by molar-refractivity contribution is 0.0152. The fourth-order valence-electron chi connectivity index (χ4n) is 2.82. The van der Waals surface area contributed by atoms with E-state index in [1.165, 1.54) is 6.20 Å². The Balaban J connectivity index is 2.06. The lowest BCUT2D eigenvalue weighted by Gasteiger charge is -2.37. The van der Waals surface area contributed by atoms with Crippen molar-refractivity contribution in [3.05, 3.63) is 17.5 Å². The van der Waals surface area contributed by atoms with Crippen LogP contribution in [0.25, 0.3) is 0 Å². The van der Waals surface area contributed by atoms with Crippen LogP contribution in [0, 0.1) is 5.92 Å². The largest absolute Gasteiger partial charge is 0.478 e. The highest BCUT2D eigenvalue weighted by atomic mass is 16.6. The molecule has 1 aliphatic heterocycles. The van der Waals surface area contributed by atoms with E-state index >= 15 is 0 Å². The molecule has 0 bridgehead atoms. The van der Waals surface area contributed by atoms with E-state index in [1.807, 2.05) is 27.7 Å². The number of nitrogens with zero attached hydrogens (tertiary/aromatic N) is 2. The molecule has 22 heavy (non-hydrogen) atoms. The molecule has 0 saturated carbocycles. The Morgan fingerprint density at radius 1 is 1.45 bits per heavy atom. The van der Waals surface area contributed by atoms with E-state index in [0.29, 0.717) is 25.2 Å². The number of carboxylic acids is 1. The van der Waals surface area contributed by atoms with Gasteiger partial charge in [0.1, 0.15) is 11.2 Å². The highest BCUT2D eigenvalue weighted by Crippen LogP contribution is 2.33. The van der Waals surface area contributed by atoms with Gasteiger partial charge in [0.05, 0.1) is 11.9 Å². The molecule has 2 atom stereocenters. The van der Waals surface area contributed by atoms with E-state index in [2.05, 4.69) is 10.2 Å². The van der Waals surface area contributed by atoms with Gasteiger partial charge in [-0.25, -0.2) is 9.59 Å². The molecular formula is C15H23N3O4. The number of carbonyl (C=O) groups is 2. The summed E-state index contributed by atoms with van der Waals surface area (Å²) in [5.74, 6) is -0.808. The third-order valence-electron chi connectivity index (χ3n) is 3.83. The average Bonchev–Trinajstić information content (AvgIpc) is 2.85. The van der Waals surface area contributed by atoms with Gasteiger partial charge in [0, 0.05) is 19.0 Å². The van der Waals surface area contributed by atoms with Gasteiger partial charge in [-0.1, -0.05) is 6.92 Å². The van der Waals surface area contributed by atoms with Crippen molar-refractivity contribution in [3.63, 3.8) is 0 Å². The summed E-state index contributed by atoms with van der Waals surface area (Å²) in [6.45, 7) is 8.60. The Morgan fingerprint density at radius 2 is 2.14 bits per heavy atom. The zero-order valence-electron chi connectivity index (χ0n) is 13.4. The monoisotopic (exact) mass is 309 g/mol. The molecule has 0 aliphatic carbocycles. The number of aromatic amines is 1. The van der Waals surface area contributed by atoms with Crippen LogP contribution in [0.2, 0.25) is 0 Å². The van der Waals surface area contributed by atoms with Crippen LogP contribution in [0.5, 0.6) is 0 Å². The standard InChI is InChI=1S/C15H23N3O4/c1-9-8-18(14(21)22-15(2,3)4)6-5-10(9)12-11(13(19)20)7-16-17-12/h7,9-10H,5-6,8H2,1-4H3,(H,16,17)(H,19,20). The summed E-state index contributed by atoms with van der Waals surface area (Å²) in [6.07, 6.45) is 1.70. The first-order valence-electron chi connectivity index (χ1n) is 7.43. The third kappa shape index (κ3) is 3.58. The van der Waals surface area contributed by atoms with Gasteiger partial charge in [0.15, 0.2) is 0 Å². The Labute approximate surface area is 129 Å². The fourth-order valence-corrected chi connectivity index (χ4v) is 2.82. The highest BCUT2D eigenvalue weighted by molar-refractivity contribution is 5.88. The quantitative estimate of drug-likeness (QED) is 0.875. The number of rotatable bonds is 2. The second kappa shape index (κ2) is 5.98. The van der Waals surface area contributed by atoms with Crippen LogP contribution in [0.1, 0.15) is 56.1 Å². The number of piperidine rings is 1. The zero-order valence-corrected chi connectivity index (χ0v) is 13.4. The number of nitrogens with one attached hydrogen (secondary N) is 1. The molecule has 2 rings (SSSR count). The van der Waals surface area contributed by atoms with Crippen molar-refractivity contribution in [2.75, 3.05) is 13.1 Å². The molecule has 1 saturated heterocycles. The molecule has 1 aliphatic rings. The van der Waals surface area contributed by atoms with Gasteiger partial charge in [-0.15, -0.1) is 0 Å². The van der Waals surface area contributed by atoms with E-state index in [1.54, 1.807) is 4.90 Å². The molecule has 1 aromatic rings. The fraction of sp³-hybridized carbons (Fsp3) is 0.667. The van der Waals surface area contributed by atoms with E-state index in [-0.39, 0.29) is 23.5 Å². The second-order valence-electron chi connectivity index (χ2n) is 6.80. The van der Waals surface area contributed by atoms with Gasteiger partial charge >= 0.3 is 12.1 Å². The highest BCUT2D eigenvalue weighted by Gasteiger charge is 2.34. The molecule has 1 amide bonds. The molecule has 2 heterocycles. The molecule has 2 N–H and O–H groups in total. The number of ether oxygens (including phenoxy) is 1. The van der Waals surface area contributed by atoms with Crippen molar-refractivity contribution in [3.8, 4) is 0 Å². The number of H-pyrrole nitrogens is 1. The number of aromatic carboxylic acids is 1. The number of hydrogen-bond donors (Lipinski definition) is 2. The minimum Gasteiger partial charge on any atom is -0.478 e. The maximum atomic E-state index is 12.1. The van der Waals surface area contributed by atoms with Crippen molar-refractivity contribution in [1.29, 1.82) is 0 Å². The number of hydrogen-bond acceptors (Lipinski definition) is 4. The average molecular weight is 309 g/mol. The Kier molecular flexibility index (Phi) is 4.44. The lowest BCUT2D eigenvalue weighted by atomic mass is 9.83. The lowest BCUT2D eigenvalue weighted by Crippen LogP contribution is -2.44. The van der Waals surface area contributed by atoms with E-state index in [4.69, 9.17) is 4.74 Å². The Bertz CT molecular complexity index is 561. The van der Waals surface area contributed by atoms with Gasteiger partial charge < -0.3 is 14.7 Å². The predicted molar refractivity (Wildman–Crippen MR) is 79.9 cm³/mol. The van der Waals surface area contributed by atoms with Crippen LogP contribution in [0.15, 0.2) is 6.20 Å². The molecular weight excluding hydrogens is 286 g/mol. The van der Waals surface area contributed by atoms with Crippen LogP contribution >= 0.6 is 0 Å². The van der Waals surface area contributed by atoms with Crippen LogP contribution < -0.4 is 0 Å². The van der Waals surface area contributed by atoms with Crippen molar-refractivity contribution in [2.45, 2.75) is 45.6 Å². The Morgan fingerprint density at radius 3 is 2.68 bits per heavy atom. The van der Waals surface area contributed by atoms with Gasteiger partial charge in [0.2, 0.25) is 0 Å². The second-order valence-corrected chi connectivity index (χ2v) is 6.80. The molecule has 1 fully saturated rings. The molecule has 7 heteroatoms. The first-order chi connectivity index (χ1) is 10.2. The predicted octanol–water partition coefficient (Wildman–Crippen LogP) is 2.47. The molecule has 0 aromatic carbocycles. The molecule has 7 nitrogen and oxygen atoms in total. The van der Waals surface area contributed by atoms with Crippen molar-refractivity contribution in [2.24, 2.45) is 5.92 Å². The topological polar surface area (TPSA) is 95.5 Å². The number of aromatic nitrogens is 2. The molecule has 2 unspecified atom stereocenters. The number of carbonyl (C=O) groups excluding carboxylic acids is 1. The summed E-state index contributed by atoms with van der Waals surface area (Å²) >= 11 is 0. The minimum absolute atomic E-state index is 0.0484. The van der Waals surface area contributed by atoms with Crippen LogP contribution in [-0.2, 0) is 4.74 Å². The summed E-state index contributed by atoms with van der Waals surface area (Å²) in [6, 6.07) is 0. The van der Waals surface area contributed by atoms with E-state index < -0.39 is 11.6 Å². The molecule has 1 aromatic heterocycles. The van der Waals surface area contributed by atoms with Crippen LogP contribution in [-0.4, -0.2) is 51.0 Å². The minimum atomic E-state index is -0.981. The van der Waals surface area contributed by atoms with Crippen LogP contribution in [0.3, 0.4) is 0 Å². The zero-order chi connectivity index (χ0) is 16.5. The third-order valence-corrected chi connectivity index (χ3v) is 3.83. The maximum absolute atomic E-state index is 12.1. The van der Waals surface area contributed by atoms with Gasteiger partial charge in [0.25, 0.3) is 0 Å². The van der Waals surface area contributed by atoms with Gasteiger partial charge in [-0.05, 0) is 33.1 Å². The molecule has 0 spiro atoms. The first kappa shape index (κ1) is 16.3. The summed E-state index contributed by atoms with van der Waals surface area (Å²) in [5, 5.41) is 15.8. The SMILES string of the molecule is CC1CN(C(=O)OC(C)(C)C)CCC1c1[nH]ncc1C(=O)O. The van der Waals surface area contributed by atoms with Crippen LogP contribution in [0.4, 0.5) is 4.79 Å². The summed E-state index contributed by atoms with van der Waals surface area (Å²) in [5.41, 5.74) is 0.336. The van der Waals surface area contributed by atoms with Crippen molar-refractivity contribution < 1.29 is 19.4 Å². The van der Waals surface area contributed by atoms with Crippen molar-refractivity contribution in [1.82, 2.24) is 15.1 Å². The smallest absolute Gasteiger partial charge is 0.410 e. The number of amides is 1. The Hall–Kier alpha value is -2.05. The van der Waals surface area contributed by atoms with Gasteiger partial charge in [-0.2, -0.15) is 5.10 Å². The first-order valence-corrected chi connectivity index (χ1v) is 7.43.